The summed E-state index contributed by atoms with van der Waals surface area (Å²) >= 11 is 0. The van der Waals surface area contributed by atoms with Gasteiger partial charge in [-0.3, -0.25) is 4.79 Å². The fourth-order valence-electron chi connectivity index (χ4n) is 1.78. The van der Waals surface area contributed by atoms with Crippen LogP contribution >= 0.6 is 0 Å². The van der Waals surface area contributed by atoms with Gasteiger partial charge in [0.05, 0.1) is 11.6 Å². The normalized spacial score (nSPS) is 17.1. The minimum atomic E-state index is -0.130. The van der Waals surface area contributed by atoms with Crippen LogP contribution in [0.15, 0.2) is 4.52 Å². The van der Waals surface area contributed by atoms with Crippen LogP contribution in [0.5, 0.6) is 0 Å². The van der Waals surface area contributed by atoms with Gasteiger partial charge < -0.3 is 4.52 Å². The van der Waals surface area contributed by atoms with Crippen molar-refractivity contribution in [2.75, 3.05) is 0 Å². The van der Waals surface area contributed by atoms with E-state index in [0.717, 1.165) is 30.7 Å². The molecule has 0 bridgehead atoms. The molecule has 3 nitrogen and oxygen atoms in total. The van der Waals surface area contributed by atoms with Crippen LogP contribution in [0.25, 0.3) is 0 Å². The van der Waals surface area contributed by atoms with E-state index < -0.39 is 0 Å². The highest BCUT2D eigenvalue weighted by Gasteiger charge is 2.26. The van der Waals surface area contributed by atoms with Crippen molar-refractivity contribution >= 4 is 5.78 Å². The Hall–Kier alpha value is -1.12. The molecule has 1 atom stereocenters. The van der Waals surface area contributed by atoms with Crippen molar-refractivity contribution in [3.63, 3.8) is 0 Å². The quantitative estimate of drug-likeness (QED) is 0.695. The predicted octanol–water partition coefficient (Wildman–Crippen LogP) is 1.86. The SMILES string of the molecule is CC(=O)C(C)c1onc2c1CCC2. The zero-order valence-corrected chi connectivity index (χ0v) is 7.96. The van der Waals surface area contributed by atoms with Crippen LogP contribution in [0.4, 0.5) is 0 Å². The first-order chi connectivity index (χ1) is 6.20. The number of aromatic nitrogens is 1. The number of Topliss-reactive ketones (excluding diaryl/α,β-unsaturated/α-hetero) is 1. The van der Waals surface area contributed by atoms with Crippen molar-refractivity contribution in [2.45, 2.75) is 39.0 Å². The highest BCUT2D eigenvalue weighted by Crippen LogP contribution is 2.29. The fraction of sp³-hybridized carbons (Fsp3) is 0.600. The molecule has 0 N–H and O–H groups in total. The number of rotatable bonds is 2. The Bertz CT molecular complexity index is 341. The average molecular weight is 179 g/mol. The van der Waals surface area contributed by atoms with Crippen LogP contribution < -0.4 is 0 Å². The van der Waals surface area contributed by atoms with E-state index >= 15 is 0 Å². The van der Waals surface area contributed by atoms with Crippen molar-refractivity contribution in [1.82, 2.24) is 5.16 Å². The lowest BCUT2D eigenvalue weighted by Gasteiger charge is -2.03. The minimum Gasteiger partial charge on any atom is -0.360 e. The van der Waals surface area contributed by atoms with E-state index in [1.807, 2.05) is 6.92 Å². The molecule has 0 saturated heterocycles. The topological polar surface area (TPSA) is 43.1 Å². The van der Waals surface area contributed by atoms with Gasteiger partial charge in [-0.1, -0.05) is 5.16 Å². The Balaban J connectivity index is 2.36. The van der Waals surface area contributed by atoms with Crippen molar-refractivity contribution in [3.8, 4) is 0 Å². The van der Waals surface area contributed by atoms with Crippen molar-refractivity contribution in [2.24, 2.45) is 0 Å². The third kappa shape index (κ3) is 1.28. The number of fused-ring (bicyclic) bond motifs is 1. The van der Waals surface area contributed by atoms with Gasteiger partial charge in [0.1, 0.15) is 11.5 Å². The van der Waals surface area contributed by atoms with E-state index in [1.165, 1.54) is 5.56 Å². The van der Waals surface area contributed by atoms with Gasteiger partial charge in [-0.2, -0.15) is 0 Å². The smallest absolute Gasteiger partial charge is 0.150 e. The molecule has 0 fully saturated rings. The second kappa shape index (κ2) is 2.98. The van der Waals surface area contributed by atoms with Crippen LogP contribution in [-0.4, -0.2) is 10.9 Å². The van der Waals surface area contributed by atoms with Gasteiger partial charge >= 0.3 is 0 Å². The van der Waals surface area contributed by atoms with Gasteiger partial charge in [0.15, 0.2) is 0 Å². The van der Waals surface area contributed by atoms with Crippen molar-refractivity contribution in [3.05, 3.63) is 17.0 Å². The van der Waals surface area contributed by atoms with E-state index in [2.05, 4.69) is 5.16 Å². The second-order valence-corrected chi connectivity index (χ2v) is 3.66. The first-order valence-electron chi connectivity index (χ1n) is 4.68. The Morgan fingerprint density at radius 3 is 3.00 bits per heavy atom. The van der Waals surface area contributed by atoms with Gasteiger partial charge in [-0.15, -0.1) is 0 Å². The monoisotopic (exact) mass is 179 g/mol. The number of carbonyl (C=O) groups is 1. The molecule has 0 spiro atoms. The van der Waals surface area contributed by atoms with Gasteiger partial charge in [0.25, 0.3) is 0 Å². The molecule has 1 aromatic rings. The molecular weight excluding hydrogens is 166 g/mol. The van der Waals surface area contributed by atoms with E-state index in [-0.39, 0.29) is 11.7 Å². The largest absolute Gasteiger partial charge is 0.360 e. The number of hydrogen-bond acceptors (Lipinski definition) is 3. The molecule has 0 saturated carbocycles. The third-order valence-corrected chi connectivity index (χ3v) is 2.74. The molecule has 1 aliphatic carbocycles. The molecule has 0 aromatic carbocycles. The highest BCUT2D eigenvalue weighted by molar-refractivity contribution is 5.82. The summed E-state index contributed by atoms with van der Waals surface area (Å²) in [5.74, 6) is 0.806. The summed E-state index contributed by atoms with van der Waals surface area (Å²) in [6.07, 6.45) is 3.17. The standard InChI is InChI=1S/C10H13NO2/c1-6(7(2)12)10-8-4-3-5-9(8)11-13-10/h6H,3-5H2,1-2H3. The van der Waals surface area contributed by atoms with Crippen LogP contribution in [-0.2, 0) is 17.6 Å². The molecule has 1 unspecified atom stereocenters. The average Bonchev–Trinajstić information content (AvgIpc) is 2.61. The van der Waals surface area contributed by atoms with Gasteiger partial charge in [-0.05, 0) is 33.1 Å². The summed E-state index contributed by atoms with van der Waals surface area (Å²) in [5, 5.41) is 3.97. The zero-order valence-electron chi connectivity index (χ0n) is 7.96. The predicted molar refractivity (Wildman–Crippen MR) is 47.6 cm³/mol. The number of hydrogen-bond donors (Lipinski definition) is 0. The summed E-state index contributed by atoms with van der Waals surface area (Å²) in [7, 11) is 0. The van der Waals surface area contributed by atoms with Crippen molar-refractivity contribution in [1.29, 1.82) is 0 Å². The van der Waals surface area contributed by atoms with Crippen LogP contribution in [0, 0.1) is 0 Å². The maximum Gasteiger partial charge on any atom is 0.150 e. The number of nitrogens with zero attached hydrogens (tertiary/aromatic N) is 1. The summed E-state index contributed by atoms with van der Waals surface area (Å²) in [6, 6.07) is 0. The second-order valence-electron chi connectivity index (χ2n) is 3.66. The van der Waals surface area contributed by atoms with E-state index in [9.17, 15) is 4.79 Å². The lowest BCUT2D eigenvalue weighted by molar-refractivity contribution is -0.118. The highest BCUT2D eigenvalue weighted by atomic mass is 16.5. The Morgan fingerprint density at radius 1 is 1.54 bits per heavy atom. The molecule has 2 rings (SSSR count). The van der Waals surface area contributed by atoms with Crippen LogP contribution in [0.3, 0.4) is 0 Å². The Labute approximate surface area is 77.1 Å². The maximum atomic E-state index is 11.2. The number of ketones is 1. The third-order valence-electron chi connectivity index (χ3n) is 2.74. The van der Waals surface area contributed by atoms with Gasteiger partial charge in [0.2, 0.25) is 0 Å². The Morgan fingerprint density at radius 2 is 2.31 bits per heavy atom. The van der Waals surface area contributed by atoms with Crippen molar-refractivity contribution < 1.29 is 9.32 Å². The molecule has 1 heterocycles. The lowest BCUT2D eigenvalue weighted by atomic mass is 10.0. The first-order valence-corrected chi connectivity index (χ1v) is 4.68. The molecule has 0 aliphatic heterocycles. The molecule has 13 heavy (non-hydrogen) atoms. The van der Waals surface area contributed by atoms with Gasteiger partial charge in [0, 0.05) is 5.56 Å². The van der Waals surface area contributed by atoms with Crippen LogP contribution in [0.2, 0.25) is 0 Å². The zero-order chi connectivity index (χ0) is 9.42. The van der Waals surface area contributed by atoms with Crippen LogP contribution in [0.1, 0.15) is 43.2 Å². The number of carbonyl (C=O) groups excluding carboxylic acids is 1. The molecule has 3 heteroatoms. The summed E-state index contributed by atoms with van der Waals surface area (Å²) < 4.78 is 5.19. The van der Waals surface area contributed by atoms with E-state index in [0.29, 0.717) is 0 Å². The number of aryl methyl sites for hydroxylation is 1. The summed E-state index contributed by atoms with van der Waals surface area (Å²) in [4.78, 5) is 11.2. The fourth-order valence-corrected chi connectivity index (χ4v) is 1.78. The molecular formula is C10H13NO2. The molecule has 0 amide bonds. The van der Waals surface area contributed by atoms with E-state index in [4.69, 9.17) is 4.52 Å². The minimum absolute atomic E-state index is 0.130. The lowest BCUT2D eigenvalue weighted by Crippen LogP contribution is -2.05. The summed E-state index contributed by atoms with van der Waals surface area (Å²) in [6.45, 7) is 3.47. The maximum absolute atomic E-state index is 11.2. The Kier molecular flexibility index (Phi) is 1.94. The molecule has 1 aromatic heterocycles. The van der Waals surface area contributed by atoms with E-state index in [1.54, 1.807) is 6.92 Å². The molecule has 70 valence electrons. The van der Waals surface area contributed by atoms with Gasteiger partial charge in [-0.25, -0.2) is 0 Å². The molecule has 0 radical (unpaired) electrons. The first kappa shape index (κ1) is 8.48. The molecule has 1 aliphatic rings. The summed E-state index contributed by atoms with van der Waals surface area (Å²) in [5.41, 5.74) is 2.24.